The zero-order chi connectivity index (χ0) is 20.1. The molecule has 0 spiro atoms. The number of rotatable bonds is 1. The summed E-state index contributed by atoms with van der Waals surface area (Å²) in [6.07, 6.45) is 1.99. The summed E-state index contributed by atoms with van der Waals surface area (Å²) in [6.45, 7) is 0.555. The van der Waals surface area contributed by atoms with E-state index in [9.17, 15) is 14.4 Å². The molecule has 5 rings (SSSR count). The van der Waals surface area contributed by atoms with E-state index < -0.39 is 0 Å². The minimum absolute atomic E-state index is 0.135. The molecule has 0 saturated heterocycles. The summed E-state index contributed by atoms with van der Waals surface area (Å²) in [5.41, 5.74) is 2.04. The van der Waals surface area contributed by atoms with Gasteiger partial charge in [-0.05, 0) is 18.2 Å². The molecule has 7 nitrogen and oxygen atoms in total. The van der Waals surface area contributed by atoms with Gasteiger partial charge in [-0.2, -0.15) is 0 Å². The number of aromatic amines is 1. The molecule has 1 aliphatic heterocycles. The van der Waals surface area contributed by atoms with Crippen molar-refractivity contribution in [3.8, 4) is 0 Å². The second-order valence-corrected chi connectivity index (χ2v) is 7.42. The predicted octanol–water partition coefficient (Wildman–Crippen LogP) is 2.39. The Morgan fingerprint density at radius 1 is 1.14 bits per heavy atom. The summed E-state index contributed by atoms with van der Waals surface area (Å²) >= 11 is 6.02. The zero-order valence-corrected chi connectivity index (χ0v) is 15.9. The van der Waals surface area contributed by atoms with Crippen molar-refractivity contribution in [3.05, 3.63) is 91.2 Å². The van der Waals surface area contributed by atoms with Crippen LogP contribution in [0.2, 0.25) is 5.02 Å². The number of amides is 1. The van der Waals surface area contributed by atoms with E-state index in [1.807, 2.05) is 6.07 Å². The van der Waals surface area contributed by atoms with Crippen molar-refractivity contribution < 1.29 is 4.79 Å². The van der Waals surface area contributed by atoms with E-state index in [1.54, 1.807) is 35.2 Å². The van der Waals surface area contributed by atoms with Gasteiger partial charge in [0.2, 0.25) is 5.56 Å². The number of fused-ring (bicyclic) bond motifs is 3. The van der Waals surface area contributed by atoms with Gasteiger partial charge in [0.05, 0.1) is 28.4 Å². The molecule has 29 heavy (non-hydrogen) atoms. The first-order valence-corrected chi connectivity index (χ1v) is 9.50. The van der Waals surface area contributed by atoms with Crippen LogP contribution >= 0.6 is 11.6 Å². The van der Waals surface area contributed by atoms with Gasteiger partial charge < -0.3 is 9.88 Å². The molecule has 144 valence electrons. The second-order valence-electron chi connectivity index (χ2n) is 6.99. The number of carbonyl (C=O) groups is 1. The minimum Gasteiger partial charge on any atom is -0.334 e. The number of benzene rings is 1. The van der Waals surface area contributed by atoms with Crippen molar-refractivity contribution in [2.24, 2.45) is 0 Å². The number of pyridine rings is 2. The average Bonchev–Trinajstić information content (AvgIpc) is 2.73. The number of nitrogens with zero attached hydrogens (tertiary/aromatic N) is 3. The zero-order valence-electron chi connectivity index (χ0n) is 15.2. The number of para-hydroxylation sites is 1. The van der Waals surface area contributed by atoms with Crippen molar-refractivity contribution in [1.29, 1.82) is 0 Å². The van der Waals surface area contributed by atoms with Crippen molar-refractivity contribution in [3.63, 3.8) is 0 Å². The van der Waals surface area contributed by atoms with Crippen LogP contribution in [0.4, 0.5) is 0 Å². The van der Waals surface area contributed by atoms with Crippen LogP contribution in [0.25, 0.3) is 16.6 Å². The van der Waals surface area contributed by atoms with Crippen LogP contribution in [0.15, 0.2) is 58.3 Å². The van der Waals surface area contributed by atoms with Gasteiger partial charge in [-0.25, -0.2) is 4.98 Å². The lowest BCUT2D eigenvalue weighted by Crippen LogP contribution is -2.40. The molecule has 1 aromatic carbocycles. The molecule has 0 radical (unpaired) electrons. The molecule has 0 bridgehead atoms. The van der Waals surface area contributed by atoms with E-state index in [0.717, 1.165) is 0 Å². The molecule has 0 unspecified atom stereocenters. The normalized spacial score (nSPS) is 13.6. The summed E-state index contributed by atoms with van der Waals surface area (Å²) in [6, 6.07) is 11.9. The fraction of sp³-hybridized carbons (Fsp3) is 0.143. The topological polar surface area (TPSA) is 87.5 Å². The molecule has 1 amide bonds. The van der Waals surface area contributed by atoms with Crippen LogP contribution in [0, 0.1) is 0 Å². The predicted molar refractivity (Wildman–Crippen MR) is 109 cm³/mol. The van der Waals surface area contributed by atoms with Crippen molar-refractivity contribution in [2.45, 2.75) is 13.0 Å². The summed E-state index contributed by atoms with van der Waals surface area (Å²) < 4.78 is 1.40. The summed E-state index contributed by atoms with van der Waals surface area (Å²) in [5, 5.41) is 1.10. The fourth-order valence-corrected chi connectivity index (χ4v) is 3.96. The van der Waals surface area contributed by atoms with Crippen LogP contribution in [-0.2, 0) is 13.0 Å². The molecule has 0 fully saturated rings. The van der Waals surface area contributed by atoms with Gasteiger partial charge in [0.1, 0.15) is 5.65 Å². The lowest BCUT2D eigenvalue weighted by atomic mass is 10.0. The van der Waals surface area contributed by atoms with Gasteiger partial charge in [0.15, 0.2) is 0 Å². The number of H-pyrrole nitrogens is 1. The first-order valence-electron chi connectivity index (χ1n) is 9.12. The monoisotopic (exact) mass is 406 g/mol. The van der Waals surface area contributed by atoms with Crippen LogP contribution in [0.3, 0.4) is 0 Å². The molecular weight excluding hydrogens is 392 g/mol. The molecule has 8 heteroatoms. The Labute approximate surface area is 169 Å². The molecule has 4 aromatic rings. The Morgan fingerprint density at radius 3 is 2.83 bits per heavy atom. The highest BCUT2D eigenvalue weighted by molar-refractivity contribution is 6.30. The number of nitrogens with one attached hydrogen (secondary N) is 1. The van der Waals surface area contributed by atoms with Gasteiger partial charge >= 0.3 is 0 Å². The number of hydrogen-bond donors (Lipinski definition) is 1. The van der Waals surface area contributed by atoms with Gasteiger partial charge in [-0.15, -0.1) is 0 Å². The van der Waals surface area contributed by atoms with E-state index in [4.69, 9.17) is 11.6 Å². The van der Waals surface area contributed by atoms with E-state index >= 15 is 0 Å². The van der Waals surface area contributed by atoms with E-state index in [0.29, 0.717) is 51.4 Å². The third-order valence-corrected chi connectivity index (χ3v) is 5.42. The Balaban J connectivity index is 1.59. The number of aromatic nitrogens is 3. The SMILES string of the molecule is O=C(c1cc(=O)[nH]c2ccccc12)N1CCc2nc3ccc(Cl)cn3c(=O)c2C1. The van der Waals surface area contributed by atoms with Crippen LogP contribution < -0.4 is 11.1 Å². The number of carbonyl (C=O) groups excluding carboxylic acids is 1. The maximum atomic E-state index is 13.2. The molecule has 0 aliphatic carbocycles. The first-order chi connectivity index (χ1) is 14.0. The first kappa shape index (κ1) is 17.6. The van der Waals surface area contributed by atoms with E-state index in [2.05, 4.69) is 9.97 Å². The number of halogens is 1. The highest BCUT2D eigenvalue weighted by Crippen LogP contribution is 2.21. The molecule has 0 saturated carbocycles. The molecule has 1 N–H and O–H groups in total. The maximum absolute atomic E-state index is 13.2. The Kier molecular flexibility index (Phi) is 3.99. The largest absolute Gasteiger partial charge is 0.334 e. The lowest BCUT2D eigenvalue weighted by Gasteiger charge is -2.28. The van der Waals surface area contributed by atoms with Crippen molar-refractivity contribution in [1.82, 2.24) is 19.3 Å². The van der Waals surface area contributed by atoms with Crippen LogP contribution in [0.5, 0.6) is 0 Å². The lowest BCUT2D eigenvalue weighted by molar-refractivity contribution is 0.0734. The molecule has 4 heterocycles. The van der Waals surface area contributed by atoms with Gasteiger partial charge in [-0.1, -0.05) is 29.8 Å². The van der Waals surface area contributed by atoms with Crippen LogP contribution in [-0.4, -0.2) is 31.7 Å². The summed E-state index contributed by atoms with van der Waals surface area (Å²) in [4.78, 5) is 47.1. The Bertz CT molecular complexity index is 1420. The Morgan fingerprint density at radius 2 is 1.97 bits per heavy atom. The van der Waals surface area contributed by atoms with Crippen molar-refractivity contribution in [2.75, 3.05) is 6.54 Å². The average molecular weight is 407 g/mol. The molecule has 1 aliphatic rings. The second kappa shape index (κ2) is 6.56. The number of hydrogen-bond acceptors (Lipinski definition) is 4. The standard InChI is InChI=1S/C21H15ClN4O3/c22-12-5-6-18-23-17-7-8-25(11-15(17)21(29)26(18)10-12)20(28)14-9-19(27)24-16-4-2-1-3-13(14)16/h1-6,9-10H,7-8,11H2,(H,24,27). The van der Waals surface area contributed by atoms with Gasteiger partial charge in [0, 0.05) is 36.1 Å². The third kappa shape index (κ3) is 2.91. The third-order valence-electron chi connectivity index (χ3n) is 5.20. The quantitative estimate of drug-likeness (QED) is 0.525. The molecule has 0 atom stereocenters. The van der Waals surface area contributed by atoms with E-state index in [1.165, 1.54) is 16.7 Å². The smallest absolute Gasteiger partial charge is 0.263 e. The highest BCUT2D eigenvalue weighted by atomic mass is 35.5. The molecular formula is C21H15ClN4O3. The van der Waals surface area contributed by atoms with Crippen LogP contribution in [0.1, 0.15) is 21.6 Å². The van der Waals surface area contributed by atoms with E-state index in [-0.39, 0.29) is 23.6 Å². The van der Waals surface area contributed by atoms with Gasteiger partial charge in [0.25, 0.3) is 11.5 Å². The minimum atomic E-state index is -0.341. The summed E-state index contributed by atoms with van der Waals surface area (Å²) in [7, 11) is 0. The Hall–Kier alpha value is -3.45. The summed E-state index contributed by atoms with van der Waals surface area (Å²) in [5.74, 6) is -0.284. The van der Waals surface area contributed by atoms with Gasteiger partial charge in [-0.3, -0.25) is 18.8 Å². The highest BCUT2D eigenvalue weighted by Gasteiger charge is 2.27. The fourth-order valence-electron chi connectivity index (χ4n) is 3.80. The maximum Gasteiger partial charge on any atom is 0.263 e. The molecule has 3 aromatic heterocycles. The van der Waals surface area contributed by atoms with Crippen molar-refractivity contribution >= 4 is 34.1 Å².